The average Bonchev–Trinajstić information content (AvgIpc) is 3.22. The van der Waals surface area contributed by atoms with E-state index < -0.39 is 0 Å². The monoisotopic (exact) mass is 437 g/mol. The Balaban J connectivity index is 1.49. The van der Waals surface area contributed by atoms with Gasteiger partial charge in [0.05, 0.1) is 17.0 Å². The topological polar surface area (TPSA) is 84.2 Å². The summed E-state index contributed by atoms with van der Waals surface area (Å²) in [5.41, 5.74) is 3.49. The van der Waals surface area contributed by atoms with Gasteiger partial charge in [-0.3, -0.25) is 4.79 Å². The van der Waals surface area contributed by atoms with Crippen LogP contribution < -0.4 is 14.8 Å². The molecule has 150 valence electrons. The number of hydrogen-bond acceptors (Lipinski definition) is 6. The van der Waals surface area contributed by atoms with Crippen molar-refractivity contribution in [2.75, 3.05) is 17.9 Å². The number of nitriles is 1. The number of halogens is 1. The molecule has 0 fully saturated rings. The molecule has 0 saturated heterocycles. The van der Waals surface area contributed by atoms with E-state index in [1.54, 1.807) is 24.3 Å². The first-order chi connectivity index (χ1) is 14.5. The third kappa shape index (κ3) is 4.35. The molecule has 0 radical (unpaired) electrons. The first-order valence-electron chi connectivity index (χ1n) is 9.03. The van der Waals surface area contributed by atoms with Gasteiger partial charge in [-0.05, 0) is 55.0 Å². The first-order valence-corrected chi connectivity index (χ1v) is 10.4. The van der Waals surface area contributed by atoms with Gasteiger partial charge in [0.1, 0.15) is 11.1 Å². The van der Waals surface area contributed by atoms with Crippen molar-refractivity contribution in [2.45, 2.75) is 11.9 Å². The van der Waals surface area contributed by atoms with Gasteiger partial charge in [0, 0.05) is 16.3 Å². The Morgan fingerprint density at radius 2 is 2.03 bits per heavy atom. The fraction of sp³-hybridized carbons (Fsp3) is 0.136. The van der Waals surface area contributed by atoms with Crippen molar-refractivity contribution in [2.24, 2.45) is 0 Å². The highest BCUT2D eigenvalue weighted by atomic mass is 35.5. The van der Waals surface area contributed by atoms with Crippen LogP contribution in [0.4, 0.5) is 5.69 Å². The van der Waals surface area contributed by atoms with E-state index in [4.69, 9.17) is 21.1 Å². The summed E-state index contributed by atoms with van der Waals surface area (Å²) < 4.78 is 10.8. The zero-order chi connectivity index (χ0) is 21.1. The van der Waals surface area contributed by atoms with Crippen LogP contribution in [-0.2, 0) is 4.79 Å². The SMILES string of the molecule is Cc1ccc(NC(=O)CSc2nc(-c3ccc4c(c3)OCO4)ccc2C#N)cc1Cl. The Labute approximate surface area is 182 Å². The van der Waals surface area contributed by atoms with E-state index in [9.17, 15) is 10.1 Å². The van der Waals surface area contributed by atoms with Crippen molar-refractivity contribution in [1.29, 1.82) is 5.26 Å². The van der Waals surface area contributed by atoms with E-state index in [0.717, 1.165) is 11.1 Å². The molecule has 0 atom stereocenters. The molecule has 1 aromatic heterocycles. The van der Waals surface area contributed by atoms with Gasteiger partial charge < -0.3 is 14.8 Å². The summed E-state index contributed by atoms with van der Waals surface area (Å²) in [5, 5.41) is 13.3. The van der Waals surface area contributed by atoms with E-state index in [1.165, 1.54) is 11.8 Å². The number of pyridine rings is 1. The first kappa shape index (κ1) is 20.1. The predicted octanol–water partition coefficient (Wildman–Crippen LogP) is 5.04. The lowest BCUT2D eigenvalue weighted by atomic mass is 10.1. The number of carbonyl (C=O) groups excluding carboxylic acids is 1. The lowest BCUT2D eigenvalue weighted by Crippen LogP contribution is -2.14. The highest BCUT2D eigenvalue weighted by molar-refractivity contribution is 8.00. The van der Waals surface area contributed by atoms with Crippen LogP contribution in [0.1, 0.15) is 11.1 Å². The van der Waals surface area contributed by atoms with E-state index in [2.05, 4.69) is 16.4 Å². The molecule has 2 heterocycles. The highest BCUT2D eigenvalue weighted by Gasteiger charge is 2.16. The molecule has 1 aliphatic rings. The molecule has 1 N–H and O–H groups in total. The fourth-order valence-electron chi connectivity index (χ4n) is 2.85. The number of ether oxygens (including phenoxy) is 2. The molecule has 0 bridgehead atoms. The fourth-order valence-corrected chi connectivity index (χ4v) is 3.81. The second kappa shape index (κ2) is 8.66. The number of nitrogens with one attached hydrogen (secondary N) is 1. The number of anilines is 1. The van der Waals surface area contributed by atoms with Crippen molar-refractivity contribution < 1.29 is 14.3 Å². The van der Waals surface area contributed by atoms with Crippen molar-refractivity contribution in [3.63, 3.8) is 0 Å². The Bertz CT molecular complexity index is 1180. The molecular formula is C22H16ClN3O3S. The normalized spacial score (nSPS) is 11.8. The van der Waals surface area contributed by atoms with Gasteiger partial charge in [-0.15, -0.1) is 0 Å². The maximum Gasteiger partial charge on any atom is 0.234 e. The van der Waals surface area contributed by atoms with Gasteiger partial charge in [-0.2, -0.15) is 5.26 Å². The number of rotatable bonds is 5. The Morgan fingerprint density at radius 3 is 2.83 bits per heavy atom. The predicted molar refractivity (Wildman–Crippen MR) is 116 cm³/mol. The van der Waals surface area contributed by atoms with Crippen molar-refractivity contribution in [1.82, 2.24) is 4.98 Å². The van der Waals surface area contributed by atoms with Gasteiger partial charge >= 0.3 is 0 Å². The quantitative estimate of drug-likeness (QED) is 0.563. The Hall–Kier alpha value is -3.21. The third-order valence-corrected chi connectivity index (χ3v) is 5.84. The Kier molecular flexibility index (Phi) is 5.79. The number of benzene rings is 2. The van der Waals surface area contributed by atoms with Gasteiger partial charge in [0.25, 0.3) is 0 Å². The molecule has 8 heteroatoms. The van der Waals surface area contributed by atoms with E-state index in [1.807, 2.05) is 31.2 Å². The number of amides is 1. The number of nitrogens with zero attached hydrogens (tertiary/aromatic N) is 2. The number of aromatic nitrogens is 1. The van der Waals surface area contributed by atoms with Crippen LogP contribution in [0.5, 0.6) is 11.5 Å². The summed E-state index contributed by atoms with van der Waals surface area (Å²) in [6.45, 7) is 2.09. The van der Waals surface area contributed by atoms with Crippen LogP contribution in [0.25, 0.3) is 11.3 Å². The number of carbonyl (C=O) groups is 1. The molecule has 4 rings (SSSR count). The number of fused-ring (bicyclic) bond motifs is 1. The summed E-state index contributed by atoms with van der Waals surface area (Å²) in [6, 6.07) is 16.5. The van der Waals surface area contributed by atoms with Crippen LogP contribution in [0.3, 0.4) is 0 Å². The summed E-state index contributed by atoms with van der Waals surface area (Å²) in [5.74, 6) is 1.25. The largest absolute Gasteiger partial charge is 0.454 e. The minimum atomic E-state index is -0.209. The molecule has 2 aromatic carbocycles. The summed E-state index contributed by atoms with van der Waals surface area (Å²) in [7, 11) is 0. The Morgan fingerprint density at radius 1 is 1.20 bits per heavy atom. The van der Waals surface area contributed by atoms with E-state index >= 15 is 0 Å². The number of thioether (sulfide) groups is 1. The van der Waals surface area contributed by atoms with Gasteiger partial charge in [0.15, 0.2) is 11.5 Å². The molecular weight excluding hydrogens is 422 g/mol. The minimum Gasteiger partial charge on any atom is -0.454 e. The van der Waals surface area contributed by atoms with Crippen molar-refractivity contribution >= 4 is 35.0 Å². The van der Waals surface area contributed by atoms with Crippen molar-refractivity contribution in [3.05, 3.63) is 64.7 Å². The van der Waals surface area contributed by atoms with Gasteiger partial charge in [0.2, 0.25) is 12.7 Å². The standard InChI is InChI=1S/C22H16ClN3O3S/c1-13-2-5-16(9-17(13)23)25-21(27)11-30-22-15(10-24)3-6-18(26-22)14-4-7-19-20(8-14)29-12-28-19/h2-9H,11-12H2,1H3,(H,25,27). The second-order valence-electron chi connectivity index (χ2n) is 6.53. The molecule has 1 aliphatic heterocycles. The third-order valence-electron chi connectivity index (χ3n) is 4.44. The van der Waals surface area contributed by atoms with Crippen LogP contribution in [0.2, 0.25) is 5.02 Å². The molecule has 6 nitrogen and oxygen atoms in total. The maximum absolute atomic E-state index is 12.3. The smallest absolute Gasteiger partial charge is 0.234 e. The van der Waals surface area contributed by atoms with Crippen LogP contribution in [0, 0.1) is 18.3 Å². The van der Waals surface area contributed by atoms with E-state index in [-0.39, 0.29) is 18.5 Å². The van der Waals surface area contributed by atoms with E-state index in [0.29, 0.717) is 38.5 Å². The molecule has 0 unspecified atom stereocenters. The van der Waals surface area contributed by atoms with Crippen molar-refractivity contribution in [3.8, 4) is 28.8 Å². The summed E-state index contributed by atoms with van der Waals surface area (Å²) in [6.07, 6.45) is 0. The zero-order valence-electron chi connectivity index (χ0n) is 15.9. The lowest BCUT2D eigenvalue weighted by molar-refractivity contribution is -0.113. The molecule has 3 aromatic rings. The molecule has 0 spiro atoms. The molecule has 0 saturated carbocycles. The summed E-state index contributed by atoms with van der Waals surface area (Å²) in [4.78, 5) is 16.9. The van der Waals surface area contributed by atoms with Crippen LogP contribution >= 0.6 is 23.4 Å². The molecule has 30 heavy (non-hydrogen) atoms. The van der Waals surface area contributed by atoms with Gasteiger partial charge in [-0.25, -0.2) is 4.98 Å². The van der Waals surface area contributed by atoms with Crippen LogP contribution in [0.15, 0.2) is 53.6 Å². The molecule has 0 aliphatic carbocycles. The minimum absolute atomic E-state index is 0.109. The summed E-state index contributed by atoms with van der Waals surface area (Å²) >= 11 is 7.31. The maximum atomic E-state index is 12.3. The highest BCUT2D eigenvalue weighted by Crippen LogP contribution is 2.36. The van der Waals surface area contributed by atoms with Crippen LogP contribution in [-0.4, -0.2) is 23.4 Å². The number of aryl methyl sites for hydroxylation is 1. The average molecular weight is 438 g/mol. The van der Waals surface area contributed by atoms with Gasteiger partial charge in [-0.1, -0.05) is 29.4 Å². The molecule has 1 amide bonds. The second-order valence-corrected chi connectivity index (χ2v) is 7.90. The zero-order valence-corrected chi connectivity index (χ0v) is 17.5. The lowest BCUT2D eigenvalue weighted by Gasteiger charge is -2.09. The number of hydrogen-bond donors (Lipinski definition) is 1.